The fourth-order valence-corrected chi connectivity index (χ4v) is 2.40. The Bertz CT molecular complexity index is 758. The number of benzene rings is 2. The van der Waals surface area contributed by atoms with Crippen molar-refractivity contribution in [2.45, 2.75) is 13.8 Å². The van der Waals surface area contributed by atoms with Crippen LogP contribution in [0.2, 0.25) is 0 Å². The molecule has 26 heavy (non-hydrogen) atoms. The first kappa shape index (κ1) is 19.4. The summed E-state index contributed by atoms with van der Waals surface area (Å²) in [6.07, 6.45) is 3.24. The van der Waals surface area contributed by atoms with E-state index in [9.17, 15) is 4.79 Å². The first-order valence-corrected chi connectivity index (χ1v) is 8.46. The summed E-state index contributed by atoms with van der Waals surface area (Å²) in [6, 6.07) is 10.6. The van der Waals surface area contributed by atoms with E-state index >= 15 is 0 Å². The van der Waals surface area contributed by atoms with E-state index in [2.05, 4.69) is 0 Å². The van der Waals surface area contributed by atoms with Gasteiger partial charge >= 0.3 is 0 Å². The number of ether oxygens (including phenoxy) is 4. The van der Waals surface area contributed by atoms with E-state index < -0.39 is 0 Å². The molecule has 0 aromatic heterocycles. The summed E-state index contributed by atoms with van der Waals surface area (Å²) in [5.74, 6) is 2.40. The minimum Gasteiger partial charge on any atom is -0.497 e. The van der Waals surface area contributed by atoms with Gasteiger partial charge in [-0.2, -0.15) is 0 Å². The van der Waals surface area contributed by atoms with Crippen molar-refractivity contribution in [1.82, 2.24) is 0 Å². The fourth-order valence-electron chi connectivity index (χ4n) is 2.40. The fraction of sp³-hybridized carbons (Fsp3) is 0.286. The largest absolute Gasteiger partial charge is 0.497 e. The summed E-state index contributed by atoms with van der Waals surface area (Å²) in [7, 11) is 3.17. The number of hydrogen-bond donors (Lipinski definition) is 0. The van der Waals surface area contributed by atoms with Crippen molar-refractivity contribution >= 4 is 11.9 Å². The Labute approximate surface area is 154 Å². The third-order valence-electron chi connectivity index (χ3n) is 3.63. The molecule has 0 amide bonds. The molecule has 0 fully saturated rings. The molecular weight excluding hydrogens is 332 g/mol. The molecule has 0 bridgehead atoms. The molecule has 0 atom stereocenters. The molecule has 5 nitrogen and oxygen atoms in total. The van der Waals surface area contributed by atoms with Crippen LogP contribution in [-0.2, 0) is 0 Å². The van der Waals surface area contributed by atoms with Crippen molar-refractivity contribution in [2.75, 3.05) is 27.4 Å². The predicted molar refractivity (Wildman–Crippen MR) is 102 cm³/mol. The number of hydrogen-bond acceptors (Lipinski definition) is 5. The van der Waals surface area contributed by atoms with Gasteiger partial charge in [0, 0.05) is 11.6 Å². The summed E-state index contributed by atoms with van der Waals surface area (Å²) in [4.78, 5) is 12.5. The van der Waals surface area contributed by atoms with E-state index in [4.69, 9.17) is 18.9 Å². The first-order chi connectivity index (χ1) is 12.6. The maximum Gasteiger partial charge on any atom is 0.185 e. The van der Waals surface area contributed by atoms with Crippen LogP contribution in [-0.4, -0.2) is 33.2 Å². The zero-order chi connectivity index (χ0) is 18.9. The van der Waals surface area contributed by atoms with Crippen molar-refractivity contribution in [3.63, 3.8) is 0 Å². The first-order valence-electron chi connectivity index (χ1n) is 8.46. The van der Waals surface area contributed by atoms with Gasteiger partial charge in [0.1, 0.15) is 11.5 Å². The highest BCUT2D eigenvalue weighted by molar-refractivity contribution is 6.07. The maximum atomic E-state index is 12.5. The lowest BCUT2D eigenvalue weighted by atomic mass is 10.1. The molecule has 0 aliphatic carbocycles. The van der Waals surface area contributed by atoms with E-state index in [-0.39, 0.29) is 5.78 Å². The van der Waals surface area contributed by atoms with Crippen LogP contribution in [0.15, 0.2) is 42.5 Å². The molecule has 0 heterocycles. The summed E-state index contributed by atoms with van der Waals surface area (Å²) in [5, 5.41) is 0. The van der Waals surface area contributed by atoms with E-state index in [0.29, 0.717) is 41.8 Å². The van der Waals surface area contributed by atoms with Gasteiger partial charge in [-0.3, -0.25) is 4.79 Å². The molecule has 0 unspecified atom stereocenters. The SMILES string of the molecule is CCOc1ccc(C(=O)/C=C/c2cc(OC)cc(OC)c2)cc1OCC. The molecule has 0 spiro atoms. The van der Waals surface area contributed by atoms with Crippen LogP contribution in [0.3, 0.4) is 0 Å². The summed E-state index contributed by atoms with van der Waals surface area (Å²) in [6.45, 7) is 4.82. The van der Waals surface area contributed by atoms with E-state index in [1.54, 1.807) is 44.6 Å². The van der Waals surface area contributed by atoms with Crippen molar-refractivity contribution in [1.29, 1.82) is 0 Å². The quantitative estimate of drug-likeness (QED) is 0.492. The van der Waals surface area contributed by atoms with Crippen LogP contribution in [0.4, 0.5) is 0 Å². The van der Waals surface area contributed by atoms with Gasteiger partial charge in [0.25, 0.3) is 0 Å². The molecule has 0 N–H and O–H groups in total. The van der Waals surface area contributed by atoms with Crippen LogP contribution < -0.4 is 18.9 Å². The number of rotatable bonds is 9. The van der Waals surface area contributed by atoms with Gasteiger partial charge < -0.3 is 18.9 Å². The molecule has 2 rings (SSSR count). The molecule has 0 saturated heterocycles. The second kappa shape index (κ2) is 9.51. The molecular formula is C21H24O5. The Morgan fingerprint density at radius 2 is 1.50 bits per heavy atom. The zero-order valence-electron chi connectivity index (χ0n) is 15.6. The van der Waals surface area contributed by atoms with Gasteiger partial charge in [0.2, 0.25) is 0 Å². The number of allylic oxidation sites excluding steroid dienone is 1. The topological polar surface area (TPSA) is 54.0 Å². The zero-order valence-corrected chi connectivity index (χ0v) is 15.6. The van der Waals surface area contributed by atoms with Crippen molar-refractivity contribution in [2.24, 2.45) is 0 Å². The second-order valence-corrected chi connectivity index (χ2v) is 5.37. The average Bonchev–Trinajstić information content (AvgIpc) is 2.67. The van der Waals surface area contributed by atoms with E-state index in [1.165, 1.54) is 6.08 Å². The lowest BCUT2D eigenvalue weighted by molar-refractivity contribution is 0.104. The van der Waals surface area contributed by atoms with E-state index in [1.807, 2.05) is 26.0 Å². The van der Waals surface area contributed by atoms with Gasteiger partial charge in [0.05, 0.1) is 27.4 Å². The summed E-state index contributed by atoms with van der Waals surface area (Å²) in [5.41, 5.74) is 1.34. The highest BCUT2D eigenvalue weighted by Crippen LogP contribution is 2.29. The van der Waals surface area contributed by atoms with Gasteiger partial charge in [0.15, 0.2) is 17.3 Å². The highest BCUT2D eigenvalue weighted by Gasteiger charge is 2.10. The molecule has 0 saturated carbocycles. The summed E-state index contributed by atoms with van der Waals surface area (Å²) >= 11 is 0. The number of carbonyl (C=O) groups excluding carboxylic acids is 1. The third kappa shape index (κ3) is 5.02. The number of carbonyl (C=O) groups is 1. The smallest absolute Gasteiger partial charge is 0.185 e. The molecule has 0 aliphatic rings. The molecule has 138 valence electrons. The Hall–Kier alpha value is -2.95. The van der Waals surface area contributed by atoms with Crippen LogP contribution in [0, 0.1) is 0 Å². The molecule has 0 aliphatic heterocycles. The van der Waals surface area contributed by atoms with Gasteiger partial charge in [-0.25, -0.2) is 0 Å². The second-order valence-electron chi connectivity index (χ2n) is 5.37. The lowest BCUT2D eigenvalue weighted by Crippen LogP contribution is -2.01. The Balaban J connectivity index is 2.24. The average molecular weight is 356 g/mol. The molecule has 0 radical (unpaired) electrons. The van der Waals surface area contributed by atoms with Crippen molar-refractivity contribution in [3.05, 3.63) is 53.6 Å². The molecule has 5 heteroatoms. The lowest BCUT2D eigenvalue weighted by Gasteiger charge is -2.11. The number of methoxy groups -OCH3 is 2. The minimum absolute atomic E-state index is 0.129. The van der Waals surface area contributed by atoms with Crippen molar-refractivity contribution in [3.8, 4) is 23.0 Å². The Morgan fingerprint density at radius 1 is 0.885 bits per heavy atom. The number of ketones is 1. The summed E-state index contributed by atoms with van der Waals surface area (Å²) < 4.78 is 21.6. The molecule has 2 aromatic rings. The third-order valence-corrected chi connectivity index (χ3v) is 3.63. The van der Waals surface area contributed by atoms with Crippen LogP contribution in [0.5, 0.6) is 23.0 Å². The van der Waals surface area contributed by atoms with E-state index in [0.717, 1.165) is 5.56 Å². The van der Waals surface area contributed by atoms with Crippen molar-refractivity contribution < 1.29 is 23.7 Å². The maximum absolute atomic E-state index is 12.5. The van der Waals surface area contributed by atoms with Gasteiger partial charge in [-0.15, -0.1) is 0 Å². The Morgan fingerprint density at radius 3 is 2.08 bits per heavy atom. The molecule has 2 aromatic carbocycles. The van der Waals surface area contributed by atoms with Gasteiger partial charge in [-0.05, 0) is 55.8 Å². The minimum atomic E-state index is -0.129. The normalized spacial score (nSPS) is 10.6. The van der Waals surface area contributed by atoms with Crippen LogP contribution in [0.1, 0.15) is 29.8 Å². The van der Waals surface area contributed by atoms with Crippen LogP contribution >= 0.6 is 0 Å². The standard InChI is InChI=1S/C21H24O5/c1-5-25-20-10-8-16(13-21(20)26-6-2)19(22)9-7-15-11-17(23-3)14-18(12-15)24-4/h7-14H,5-6H2,1-4H3/b9-7+. The highest BCUT2D eigenvalue weighted by atomic mass is 16.5. The monoisotopic (exact) mass is 356 g/mol. The van der Waals surface area contributed by atoms with Crippen LogP contribution in [0.25, 0.3) is 6.08 Å². The Kier molecular flexibility index (Phi) is 7.09. The van der Waals surface area contributed by atoms with Gasteiger partial charge in [-0.1, -0.05) is 6.08 Å². The predicted octanol–water partition coefficient (Wildman–Crippen LogP) is 4.40.